The maximum atomic E-state index is 12.1. The molecule has 17 heavy (non-hydrogen) atoms. The van der Waals surface area contributed by atoms with Gasteiger partial charge in [-0.15, -0.1) is 0 Å². The second-order valence-corrected chi connectivity index (χ2v) is 4.85. The lowest BCUT2D eigenvalue weighted by molar-refractivity contribution is 0.0993. The minimum atomic E-state index is 0.135. The van der Waals surface area contributed by atoms with E-state index >= 15 is 0 Å². The quantitative estimate of drug-likeness (QED) is 0.880. The van der Waals surface area contributed by atoms with Gasteiger partial charge in [0.2, 0.25) is 0 Å². The molecule has 1 heterocycles. The number of aromatic nitrogens is 1. The van der Waals surface area contributed by atoms with E-state index in [1.807, 2.05) is 42.9 Å². The Labute approximate surface area is 109 Å². The van der Waals surface area contributed by atoms with Crippen molar-refractivity contribution in [3.8, 4) is 0 Å². The maximum Gasteiger partial charge on any atom is 0.178 e. The monoisotopic (exact) mass is 294 g/mol. The van der Waals surface area contributed by atoms with Crippen molar-refractivity contribution in [1.29, 1.82) is 0 Å². The summed E-state index contributed by atoms with van der Waals surface area (Å²) in [6.45, 7) is 3.19. The molecule has 0 saturated carbocycles. The summed E-state index contributed by atoms with van der Waals surface area (Å²) < 4.78 is 3.00. The van der Waals surface area contributed by atoms with Crippen molar-refractivity contribution in [3.05, 3.63) is 34.4 Å². The van der Waals surface area contributed by atoms with Crippen molar-refractivity contribution >= 4 is 32.6 Å². The van der Waals surface area contributed by atoms with Crippen LogP contribution in [-0.2, 0) is 7.05 Å². The summed E-state index contributed by atoms with van der Waals surface area (Å²) in [4.78, 5) is 12.1. The third kappa shape index (κ3) is 2.28. The molecule has 0 aliphatic heterocycles. The van der Waals surface area contributed by atoms with Crippen molar-refractivity contribution in [1.82, 2.24) is 9.88 Å². The number of nitrogens with one attached hydrogen (secondary N) is 1. The third-order valence-electron chi connectivity index (χ3n) is 2.79. The van der Waals surface area contributed by atoms with Gasteiger partial charge in [-0.05, 0) is 28.5 Å². The topological polar surface area (TPSA) is 34.0 Å². The Morgan fingerprint density at radius 1 is 1.47 bits per heavy atom. The molecule has 0 bridgehead atoms. The summed E-state index contributed by atoms with van der Waals surface area (Å²) >= 11 is 3.52. The van der Waals surface area contributed by atoms with Gasteiger partial charge >= 0.3 is 0 Å². The molecule has 0 amide bonds. The van der Waals surface area contributed by atoms with Gasteiger partial charge in [0, 0.05) is 28.7 Å². The van der Waals surface area contributed by atoms with E-state index in [4.69, 9.17) is 0 Å². The summed E-state index contributed by atoms with van der Waals surface area (Å²) in [5.41, 5.74) is 1.84. The zero-order chi connectivity index (χ0) is 12.4. The molecule has 0 fully saturated rings. The zero-order valence-electron chi connectivity index (χ0n) is 9.96. The van der Waals surface area contributed by atoms with Gasteiger partial charge in [-0.2, -0.15) is 0 Å². The highest BCUT2D eigenvalue weighted by molar-refractivity contribution is 9.10. The number of benzene rings is 1. The summed E-state index contributed by atoms with van der Waals surface area (Å²) in [7, 11) is 1.96. The molecule has 0 aliphatic carbocycles. The van der Waals surface area contributed by atoms with Gasteiger partial charge in [0.1, 0.15) is 0 Å². The molecule has 0 unspecified atom stereocenters. The highest BCUT2D eigenvalue weighted by atomic mass is 79.9. The Morgan fingerprint density at radius 2 is 2.24 bits per heavy atom. The SMILES string of the molecule is CCNCC(=O)c1cn(C)c2c(Br)cccc12. The van der Waals surface area contributed by atoms with E-state index in [1.54, 1.807) is 0 Å². The first-order chi connectivity index (χ1) is 8.15. The molecule has 1 N–H and O–H groups in total. The molecule has 0 atom stereocenters. The minimum Gasteiger partial charge on any atom is -0.349 e. The number of aryl methyl sites for hydroxylation is 1. The fourth-order valence-corrected chi connectivity index (χ4v) is 2.62. The number of carbonyl (C=O) groups is 1. The Kier molecular flexibility index (Phi) is 3.64. The molecule has 2 aromatic rings. The predicted molar refractivity (Wildman–Crippen MR) is 73.5 cm³/mol. The number of rotatable bonds is 4. The third-order valence-corrected chi connectivity index (χ3v) is 3.43. The first kappa shape index (κ1) is 12.3. The van der Waals surface area contributed by atoms with Crippen LogP contribution in [0.5, 0.6) is 0 Å². The zero-order valence-corrected chi connectivity index (χ0v) is 11.5. The van der Waals surface area contributed by atoms with Gasteiger partial charge in [-0.3, -0.25) is 4.79 Å². The number of likely N-dealkylation sites (N-methyl/N-ethyl adjacent to an activating group) is 1. The van der Waals surface area contributed by atoms with Crippen LogP contribution >= 0.6 is 15.9 Å². The van der Waals surface area contributed by atoms with E-state index in [0.29, 0.717) is 6.54 Å². The summed E-state index contributed by atoms with van der Waals surface area (Å²) in [5, 5.41) is 4.07. The fraction of sp³-hybridized carbons (Fsp3) is 0.308. The maximum absolute atomic E-state index is 12.1. The predicted octanol–water partition coefficient (Wildman–Crippen LogP) is 2.73. The minimum absolute atomic E-state index is 0.135. The van der Waals surface area contributed by atoms with E-state index in [1.165, 1.54) is 0 Å². The number of hydrogen-bond donors (Lipinski definition) is 1. The van der Waals surface area contributed by atoms with Crippen LogP contribution in [0.3, 0.4) is 0 Å². The van der Waals surface area contributed by atoms with Crippen LogP contribution in [-0.4, -0.2) is 23.4 Å². The van der Waals surface area contributed by atoms with Crippen LogP contribution in [0.25, 0.3) is 10.9 Å². The Balaban J connectivity index is 2.49. The molecule has 4 heteroatoms. The summed E-state index contributed by atoms with van der Waals surface area (Å²) in [5.74, 6) is 0.135. The number of nitrogens with zero attached hydrogens (tertiary/aromatic N) is 1. The average Bonchev–Trinajstić information content (AvgIpc) is 2.65. The van der Waals surface area contributed by atoms with E-state index in [2.05, 4.69) is 21.2 Å². The van der Waals surface area contributed by atoms with Crippen LogP contribution in [0, 0.1) is 0 Å². The largest absolute Gasteiger partial charge is 0.349 e. The molecule has 0 spiro atoms. The van der Waals surface area contributed by atoms with Gasteiger partial charge in [0.15, 0.2) is 5.78 Å². The van der Waals surface area contributed by atoms with Crippen LogP contribution in [0.4, 0.5) is 0 Å². The molecule has 3 nitrogen and oxygen atoms in total. The normalized spacial score (nSPS) is 11.0. The van der Waals surface area contributed by atoms with Crippen molar-refractivity contribution in [2.45, 2.75) is 6.92 Å². The number of Topliss-reactive ketones (excluding diaryl/α,β-unsaturated/α-hetero) is 1. The fourth-order valence-electron chi connectivity index (χ4n) is 1.97. The molecule has 1 aromatic carbocycles. The summed E-state index contributed by atoms with van der Waals surface area (Å²) in [6, 6.07) is 5.93. The number of hydrogen-bond acceptors (Lipinski definition) is 2. The second-order valence-electron chi connectivity index (χ2n) is 3.99. The second kappa shape index (κ2) is 5.02. The number of fused-ring (bicyclic) bond motifs is 1. The van der Waals surface area contributed by atoms with E-state index in [0.717, 1.165) is 27.5 Å². The Morgan fingerprint density at radius 3 is 2.94 bits per heavy atom. The van der Waals surface area contributed by atoms with Crippen molar-refractivity contribution in [3.63, 3.8) is 0 Å². The lowest BCUT2D eigenvalue weighted by atomic mass is 10.1. The molecular weight excluding hydrogens is 280 g/mol. The van der Waals surface area contributed by atoms with Gasteiger partial charge in [-0.1, -0.05) is 19.1 Å². The molecule has 2 rings (SSSR count). The van der Waals surface area contributed by atoms with E-state index in [-0.39, 0.29) is 5.78 Å². The molecule has 90 valence electrons. The van der Waals surface area contributed by atoms with Crippen LogP contribution in [0.2, 0.25) is 0 Å². The van der Waals surface area contributed by atoms with Crippen molar-refractivity contribution in [2.24, 2.45) is 7.05 Å². The highest BCUT2D eigenvalue weighted by Gasteiger charge is 2.14. The molecule has 0 aliphatic rings. The van der Waals surface area contributed by atoms with Crippen LogP contribution in [0.1, 0.15) is 17.3 Å². The smallest absolute Gasteiger partial charge is 0.178 e. The highest BCUT2D eigenvalue weighted by Crippen LogP contribution is 2.27. The van der Waals surface area contributed by atoms with Gasteiger partial charge in [0.25, 0.3) is 0 Å². The molecule has 0 saturated heterocycles. The average molecular weight is 295 g/mol. The van der Waals surface area contributed by atoms with Gasteiger partial charge in [0.05, 0.1) is 12.1 Å². The lowest BCUT2D eigenvalue weighted by Crippen LogP contribution is -2.22. The Bertz CT molecular complexity index is 560. The lowest BCUT2D eigenvalue weighted by Gasteiger charge is -2.00. The van der Waals surface area contributed by atoms with Crippen LogP contribution < -0.4 is 5.32 Å². The summed E-state index contributed by atoms with van der Waals surface area (Å²) in [6.07, 6.45) is 1.90. The number of halogens is 1. The number of para-hydroxylation sites is 1. The van der Waals surface area contributed by atoms with Gasteiger partial charge in [-0.25, -0.2) is 0 Å². The standard InChI is InChI=1S/C13H15BrN2O/c1-3-15-7-12(17)10-8-16(2)13-9(10)5-4-6-11(13)14/h4-6,8,15H,3,7H2,1-2H3. The van der Waals surface area contributed by atoms with Crippen molar-refractivity contribution < 1.29 is 4.79 Å². The van der Waals surface area contributed by atoms with Gasteiger partial charge < -0.3 is 9.88 Å². The molecule has 0 radical (unpaired) electrons. The van der Waals surface area contributed by atoms with Crippen LogP contribution in [0.15, 0.2) is 28.9 Å². The first-order valence-corrected chi connectivity index (χ1v) is 6.42. The number of ketones is 1. The Hall–Kier alpha value is -1.13. The first-order valence-electron chi connectivity index (χ1n) is 5.62. The van der Waals surface area contributed by atoms with E-state index in [9.17, 15) is 4.79 Å². The van der Waals surface area contributed by atoms with E-state index < -0.39 is 0 Å². The molecule has 1 aromatic heterocycles. The number of carbonyl (C=O) groups excluding carboxylic acids is 1. The molecular formula is C13H15BrN2O. The van der Waals surface area contributed by atoms with Crippen molar-refractivity contribution in [2.75, 3.05) is 13.1 Å².